The molecule has 1 fully saturated rings. The molecule has 0 saturated carbocycles. The smallest absolute Gasteiger partial charge is 0.243 e. The minimum Gasteiger partial charge on any atom is -0.371 e. The third kappa shape index (κ3) is 3.73. The number of hydrogen-bond acceptors (Lipinski definition) is 4. The van der Waals surface area contributed by atoms with E-state index in [0.29, 0.717) is 18.0 Å². The van der Waals surface area contributed by atoms with E-state index in [4.69, 9.17) is 4.74 Å². The SMILES string of the molecule is CCn1cc(C2CN(S(=O)(=O)c3ccc(-c4ccccc4)cc3)CCO2)cn1. The van der Waals surface area contributed by atoms with Crippen LogP contribution in [0.4, 0.5) is 0 Å². The maximum atomic E-state index is 13.1. The number of morpholine rings is 1. The Morgan fingerprint density at radius 3 is 2.46 bits per heavy atom. The van der Waals surface area contributed by atoms with Crippen LogP contribution in [0.1, 0.15) is 18.6 Å². The summed E-state index contributed by atoms with van der Waals surface area (Å²) in [4.78, 5) is 0.303. The lowest BCUT2D eigenvalue weighted by Crippen LogP contribution is -2.42. The van der Waals surface area contributed by atoms with E-state index in [1.807, 2.05) is 60.3 Å². The number of nitrogens with zero attached hydrogens (tertiary/aromatic N) is 3. The fourth-order valence-corrected chi connectivity index (χ4v) is 4.79. The van der Waals surface area contributed by atoms with Crippen molar-refractivity contribution in [3.8, 4) is 11.1 Å². The number of benzene rings is 2. The highest BCUT2D eigenvalue weighted by Gasteiger charge is 2.32. The monoisotopic (exact) mass is 397 g/mol. The van der Waals surface area contributed by atoms with Crippen molar-refractivity contribution in [3.05, 3.63) is 72.6 Å². The predicted octanol–water partition coefficient (Wildman–Crippen LogP) is 3.33. The van der Waals surface area contributed by atoms with E-state index < -0.39 is 10.0 Å². The zero-order valence-electron chi connectivity index (χ0n) is 15.7. The van der Waals surface area contributed by atoms with Crippen LogP contribution in [0, 0.1) is 0 Å². The maximum absolute atomic E-state index is 13.1. The lowest BCUT2D eigenvalue weighted by Gasteiger charge is -2.31. The zero-order valence-corrected chi connectivity index (χ0v) is 16.5. The van der Waals surface area contributed by atoms with E-state index in [-0.39, 0.29) is 12.6 Å². The second-order valence-electron chi connectivity index (χ2n) is 6.74. The Bertz CT molecular complexity index is 1030. The molecule has 28 heavy (non-hydrogen) atoms. The molecule has 1 saturated heterocycles. The summed E-state index contributed by atoms with van der Waals surface area (Å²) < 4.78 is 35.4. The quantitative estimate of drug-likeness (QED) is 0.662. The molecule has 0 amide bonds. The highest BCUT2D eigenvalue weighted by molar-refractivity contribution is 7.89. The number of aromatic nitrogens is 2. The molecule has 4 rings (SSSR count). The van der Waals surface area contributed by atoms with Gasteiger partial charge in [0, 0.05) is 31.4 Å². The Balaban J connectivity index is 1.54. The molecule has 6 nitrogen and oxygen atoms in total. The first-order valence-electron chi connectivity index (χ1n) is 9.37. The molecule has 7 heteroatoms. The van der Waals surface area contributed by atoms with Gasteiger partial charge in [0.25, 0.3) is 0 Å². The van der Waals surface area contributed by atoms with Gasteiger partial charge in [-0.05, 0) is 30.2 Å². The minimum absolute atomic E-state index is 0.290. The number of rotatable bonds is 5. The zero-order chi connectivity index (χ0) is 19.6. The van der Waals surface area contributed by atoms with Crippen molar-refractivity contribution in [3.63, 3.8) is 0 Å². The second kappa shape index (κ2) is 7.87. The predicted molar refractivity (Wildman–Crippen MR) is 107 cm³/mol. The lowest BCUT2D eigenvalue weighted by molar-refractivity contribution is -0.00260. The largest absolute Gasteiger partial charge is 0.371 e. The van der Waals surface area contributed by atoms with Gasteiger partial charge in [0.2, 0.25) is 10.0 Å². The Morgan fingerprint density at radius 2 is 1.79 bits per heavy atom. The summed E-state index contributed by atoms with van der Waals surface area (Å²) in [6, 6.07) is 17.0. The normalized spacial score (nSPS) is 18.2. The van der Waals surface area contributed by atoms with Crippen molar-refractivity contribution >= 4 is 10.0 Å². The Hall–Kier alpha value is -2.48. The van der Waals surface area contributed by atoms with Crippen molar-refractivity contribution in [1.29, 1.82) is 0 Å². The summed E-state index contributed by atoms with van der Waals surface area (Å²) in [5, 5.41) is 4.26. The molecule has 0 radical (unpaired) electrons. The maximum Gasteiger partial charge on any atom is 0.243 e. The van der Waals surface area contributed by atoms with Crippen molar-refractivity contribution < 1.29 is 13.2 Å². The van der Waals surface area contributed by atoms with Crippen LogP contribution in [-0.4, -0.2) is 42.2 Å². The molecule has 1 unspecified atom stereocenters. The molecular weight excluding hydrogens is 374 g/mol. The standard InChI is InChI=1S/C21H23N3O3S/c1-2-23-15-19(14-22-23)21-16-24(12-13-27-21)28(25,26)20-10-8-18(9-11-20)17-6-4-3-5-7-17/h3-11,14-15,21H,2,12-13,16H2,1H3. The molecule has 0 spiro atoms. The van der Waals surface area contributed by atoms with Crippen LogP contribution in [0.5, 0.6) is 0 Å². The first-order valence-corrected chi connectivity index (χ1v) is 10.8. The second-order valence-corrected chi connectivity index (χ2v) is 8.68. The Kier molecular flexibility index (Phi) is 5.30. The van der Waals surface area contributed by atoms with Crippen LogP contribution in [-0.2, 0) is 21.3 Å². The van der Waals surface area contributed by atoms with Gasteiger partial charge in [-0.15, -0.1) is 0 Å². The van der Waals surface area contributed by atoms with Crippen LogP contribution in [0.25, 0.3) is 11.1 Å². The van der Waals surface area contributed by atoms with Crippen molar-refractivity contribution in [1.82, 2.24) is 14.1 Å². The molecule has 2 heterocycles. The van der Waals surface area contributed by atoms with Crippen LogP contribution >= 0.6 is 0 Å². The number of hydrogen-bond donors (Lipinski definition) is 0. The van der Waals surface area contributed by atoms with E-state index in [1.54, 1.807) is 18.3 Å². The van der Waals surface area contributed by atoms with Crippen molar-refractivity contribution in [2.45, 2.75) is 24.5 Å². The van der Waals surface area contributed by atoms with E-state index in [1.165, 1.54) is 4.31 Å². The third-order valence-corrected chi connectivity index (χ3v) is 6.86. The van der Waals surface area contributed by atoms with Gasteiger partial charge in [-0.3, -0.25) is 4.68 Å². The average Bonchev–Trinajstić information content (AvgIpc) is 3.24. The molecular formula is C21H23N3O3S. The number of sulfonamides is 1. The van der Waals surface area contributed by atoms with Gasteiger partial charge in [0.05, 0.1) is 23.8 Å². The highest BCUT2D eigenvalue weighted by Crippen LogP contribution is 2.27. The number of aryl methyl sites for hydroxylation is 1. The summed E-state index contributed by atoms with van der Waals surface area (Å²) in [6.45, 7) is 3.78. The van der Waals surface area contributed by atoms with Crippen LogP contribution in [0.2, 0.25) is 0 Å². The van der Waals surface area contributed by atoms with E-state index in [0.717, 1.165) is 23.2 Å². The van der Waals surface area contributed by atoms with Gasteiger partial charge in [0.1, 0.15) is 0 Å². The molecule has 1 aliphatic rings. The Morgan fingerprint density at radius 1 is 1.07 bits per heavy atom. The van der Waals surface area contributed by atoms with Gasteiger partial charge in [-0.1, -0.05) is 42.5 Å². The average molecular weight is 398 g/mol. The highest BCUT2D eigenvalue weighted by atomic mass is 32.2. The minimum atomic E-state index is -3.57. The summed E-state index contributed by atoms with van der Waals surface area (Å²) in [5.41, 5.74) is 2.96. The van der Waals surface area contributed by atoms with E-state index >= 15 is 0 Å². The summed E-state index contributed by atoms with van der Waals surface area (Å²) in [6.07, 6.45) is 3.36. The summed E-state index contributed by atoms with van der Waals surface area (Å²) in [7, 11) is -3.57. The van der Waals surface area contributed by atoms with Crippen molar-refractivity contribution in [2.24, 2.45) is 0 Å². The molecule has 1 aliphatic heterocycles. The van der Waals surface area contributed by atoms with E-state index in [9.17, 15) is 8.42 Å². The van der Waals surface area contributed by atoms with Gasteiger partial charge in [-0.2, -0.15) is 9.40 Å². The lowest BCUT2D eigenvalue weighted by atomic mass is 10.1. The van der Waals surface area contributed by atoms with Crippen LogP contribution in [0.15, 0.2) is 71.9 Å². The van der Waals surface area contributed by atoms with E-state index in [2.05, 4.69) is 5.10 Å². The summed E-state index contributed by atoms with van der Waals surface area (Å²) in [5.74, 6) is 0. The van der Waals surface area contributed by atoms with Crippen LogP contribution < -0.4 is 0 Å². The van der Waals surface area contributed by atoms with Gasteiger partial charge < -0.3 is 4.74 Å². The molecule has 0 bridgehead atoms. The Labute approximate surface area is 165 Å². The molecule has 2 aromatic carbocycles. The van der Waals surface area contributed by atoms with Gasteiger partial charge >= 0.3 is 0 Å². The molecule has 1 aromatic heterocycles. The molecule has 146 valence electrons. The summed E-state index contributed by atoms with van der Waals surface area (Å²) >= 11 is 0. The molecule has 0 N–H and O–H groups in total. The fourth-order valence-electron chi connectivity index (χ4n) is 3.36. The van der Waals surface area contributed by atoms with Crippen LogP contribution in [0.3, 0.4) is 0 Å². The molecule has 1 atom stereocenters. The van der Waals surface area contributed by atoms with Gasteiger partial charge in [0.15, 0.2) is 0 Å². The third-order valence-electron chi connectivity index (χ3n) is 4.98. The molecule has 0 aliphatic carbocycles. The fraction of sp³-hybridized carbons (Fsp3) is 0.286. The number of ether oxygens (including phenoxy) is 1. The first-order chi connectivity index (χ1) is 13.6. The first kappa shape index (κ1) is 18.9. The topological polar surface area (TPSA) is 64.4 Å². The van der Waals surface area contributed by atoms with Crippen molar-refractivity contribution in [2.75, 3.05) is 19.7 Å². The van der Waals surface area contributed by atoms with Gasteiger partial charge in [-0.25, -0.2) is 8.42 Å². The molecule has 3 aromatic rings.